The number of rotatable bonds is 9. The van der Waals surface area contributed by atoms with Gasteiger partial charge in [-0.05, 0) is 31.4 Å². The Balaban J connectivity index is 1.33. The Labute approximate surface area is 170 Å². The van der Waals surface area contributed by atoms with E-state index in [-0.39, 0.29) is 17.8 Å². The molecule has 1 aromatic carbocycles. The van der Waals surface area contributed by atoms with E-state index in [4.69, 9.17) is 18.9 Å². The number of hydrogen-bond acceptors (Lipinski definition) is 4. The van der Waals surface area contributed by atoms with Crippen molar-refractivity contribution in [3.63, 3.8) is 0 Å². The zero-order valence-corrected chi connectivity index (χ0v) is 17.0. The highest BCUT2D eigenvalue weighted by molar-refractivity contribution is 5.20. The highest BCUT2D eigenvalue weighted by Crippen LogP contribution is 2.30. The van der Waals surface area contributed by atoms with E-state index in [2.05, 4.69) is 6.92 Å². The third kappa shape index (κ3) is 6.67. The van der Waals surface area contributed by atoms with Crippen molar-refractivity contribution in [1.29, 1.82) is 0 Å². The van der Waals surface area contributed by atoms with Gasteiger partial charge in [-0.1, -0.05) is 32.6 Å². The number of benzene rings is 1. The van der Waals surface area contributed by atoms with Gasteiger partial charge in [0.05, 0.1) is 26.4 Å². The topological polar surface area (TPSA) is 36.9 Å². The van der Waals surface area contributed by atoms with Crippen LogP contribution in [-0.2, 0) is 18.9 Å². The van der Waals surface area contributed by atoms with Crippen LogP contribution in [0.2, 0.25) is 0 Å². The number of unbranched alkanes of at least 4 members (excludes halogenated alkanes) is 3. The van der Waals surface area contributed by atoms with Gasteiger partial charge in [-0.3, -0.25) is 0 Å². The zero-order valence-electron chi connectivity index (χ0n) is 17.0. The van der Waals surface area contributed by atoms with Crippen molar-refractivity contribution in [1.82, 2.24) is 0 Å². The standard InChI is InChI=1S/C22H31F3O4/c1-2-3-4-5-6-15-11-26-20(27-12-15)8-7-16-13-28-22(29-14-16)17-9-18(23)21(25)19(24)10-17/h9-10,15-16,20,22H,2-8,11-14H2,1H3. The van der Waals surface area contributed by atoms with Crippen molar-refractivity contribution in [3.8, 4) is 0 Å². The summed E-state index contributed by atoms with van der Waals surface area (Å²) in [4.78, 5) is 0. The number of ether oxygens (including phenoxy) is 4. The largest absolute Gasteiger partial charge is 0.352 e. The first-order chi connectivity index (χ1) is 14.1. The summed E-state index contributed by atoms with van der Waals surface area (Å²) in [6, 6.07) is 1.82. The summed E-state index contributed by atoms with van der Waals surface area (Å²) >= 11 is 0. The molecule has 0 radical (unpaired) electrons. The van der Waals surface area contributed by atoms with Gasteiger partial charge < -0.3 is 18.9 Å². The molecule has 0 saturated carbocycles. The molecular weight excluding hydrogens is 385 g/mol. The second-order valence-corrected chi connectivity index (χ2v) is 8.05. The van der Waals surface area contributed by atoms with Crippen LogP contribution in [0.15, 0.2) is 12.1 Å². The molecule has 0 unspecified atom stereocenters. The van der Waals surface area contributed by atoms with Gasteiger partial charge in [0.2, 0.25) is 0 Å². The van der Waals surface area contributed by atoms with E-state index in [1.807, 2.05) is 0 Å². The fourth-order valence-electron chi connectivity index (χ4n) is 3.76. The average Bonchev–Trinajstić information content (AvgIpc) is 2.74. The zero-order chi connectivity index (χ0) is 20.6. The molecule has 0 atom stereocenters. The molecule has 0 aromatic heterocycles. The SMILES string of the molecule is CCCCCCC1COC(CCC2COC(c3cc(F)c(F)c(F)c3)OC2)OC1. The molecule has 7 heteroatoms. The minimum Gasteiger partial charge on any atom is -0.352 e. The van der Waals surface area contributed by atoms with Crippen LogP contribution in [0.25, 0.3) is 0 Å². The van der Waals surface area contributed by atoms with Gasteiger partial charge in [0.15, 0.2) is 30.0 Å². The van der Waals surface area contributed by atoms with Crippen LogP contribution in [0.5, 0.6) is 0 Å². The second-order valence-electron chi connectivity index (χ2n) is 8.05. The van der Waals surface area contributed by atoms with E-state index >= 15 is 0 Å². The van der Waals surface area contributed by atoms with Crippen LogP contribution in [0.3, 0.4) is 0 Å². The number of halogens is 3. The molecule has 0 N–H and O–H groups in total. The smallest absolute Gasteiger partial charge is 0.194 e. The summed E-state index contributed by atoms with van der Waals surface area (Å²) in [5.41, 5.74) is 0.142. The second kappa shape index (κ2) is 11.3. The summed E-state index contributed by atoms with van der Waals surface area (Å²) in [7, 11) is 0. The average molecular weight is 416 g/mol. The molecule has 0 bridgehead atoms. The fraction of sp³-hybridized carbons (Fsp3) is 0.727. The van der Waals surface area contributed by atoms with E-state index in [1.165, 1.54) is 25.7 Å². The normalized spacial score (nSPS) is 27.9. The summed E-state index contributed by atoms with van der Waals surface area (Å²) in [6.07, 6.45) is 6.68. The van der Waals surface area contributed by atoms with Crippen molar-refractivity contribution in [2.75, 3.05) is 26.4 Å². The maximum Gasteiger partial charge on any atom is 0.194 e. The minimum absolute atomic E-state index is 0.142. The maximum absolute atomic E-state index is 13.4. The minimum atomic E-state index is -1.49. The van der Waals surface area contributed by atoms with Gasteiger partial charge in [-0.2, -0.15) is 0 Å². The molecular formula is C22H31F3O4. The molecule has 0 amide bonds. The lowest BCUT2D eigenvalue weighted by Gasteiger charge is -2.32. The third-order valence-corrected chi connectivity index (χ3v) is 5.56. The Hall–Kier alpha value is -1.15. The molecule has 2 aliphatic heterocycles. The Kier molecular flexibility index (Phi) is 8.78. The predicted octanol–water partition coefficient (Wildman–Crippen LogP) is 5.51. The molecule has 29 heavy (non-hydrogen) atoms. The fourth-order valence-corrected chi connectivity index (χ4v) is 3.76. The van der Waals surface area contributed by atoms with Crippen molar-refractivity contribution in [2.45, 2.75) is 64.4 Å². The van der Waals surface area contributed by atoms with E-state index < -0.39 is 23.7 Å². The summed E-state index contributed by atoms with van der Waals surface area (Å²) < 4.78 is 62.7. The van der Waals surface area contributed by atoms with Gasteiger partial charge in [-0.25, -0.2) is 13.2 Å². The molecule has 4 nitrogen and oxygen atoms in total. The van der Waals surface area contributed by atoms with Gasteiger partial charge in [0, 0.05) is 17.4 Å². The molecule has 164 valence electrons. The Morgan fingerprint density at radius 3 is 1.97 bits per heavy atom. The Bertz CT molecular complexity index is 603. The lowest BCUT2D eigenvalue weighted by atomic mass is 10.0. The van der Waals surface area contributed by atoms with Gasteiger partial charge in [0.1, 0.15) is 0 Å². The van der Waals surface area contributed by atoms with E-state index in [0.29, 0.717) is 19.1 Å². The van der Waals surface area contributed by atoms with E-state index in [1.54, 1.807) is 0 Å². The first kappa shape index (κ1) is 22.5. The van der Waals surface area contributed by atoms with Crippen LogP contribution >= 0.6 is 0 Å². The molecule has 2 heterocycles. The Morgan fingerprint density at radius 2 is 1.34 bits per heavy atom. The molecule has 3 rings (SSSR count). The van der Waals surface area contributed by atoms with Crippen LogP contribution in [0, 0.1) is 29.3 Å². The van der Waals surface area contributed by atoms with Gasteiger partial charge in [0.25, 0.3) is 0 Å². The first-order valence-electron chi connectivity index (χ1n) is 10.7. The Morgan fingerprint density at radius 1 is 0.759 bits per heavy atom. The van der Waals surface area contributed by atoms with Crippen LogP contribution < -0.4 is 0 Å². The molecule has 2 saturated heterocycles. The number of hydrogen-bond donors (Lipinski definition) is 0. The summed E-state index contributed by atoms with van der Waals surface area (Å²) in [5, 5.41) is 0. The highest BCUT2D eigenvalue weighted by Gasteiger charge is 2.28. The van der Waals surface area contributed by atoms with E-state index in [9.17, 15) is 13.2 Å². The molecule has 0 aliphatic carbocycles. The maximum atomic E-state index is 13.4. The van der Waals surface area contributed by atoms with Crippen molar-refractivity contribution >= 4 is 0 Å². The lowest BCUT2D eigenvalue weighted by molar-refractivity contribution is -0.220. The first-order valence-corrected chi connectivity index (χ1v) is 10.7. The molecule has 2 aliphatic rings. The van der Waals surface area contributed by atoms with Crippen molar-refractivity contribution in [3.05, 3.63) is 35.1 Å². The van der Waals surface area contributed by atoms with E-state index in [0.717, 1.165) is 44.6 Å². The van der Waals surface area contributed by atoms with Crippen molar-refractivity contribution in [2.24, 2.45) is 11.8 Å². The van der Waals surface area contributed by atoms with Crippen LogP contribution in [0.1, 0.15) is 63.7 Å². The summed E-state index contributed by atoms with van der Waals surface area (Å²) in [5.74, 6) is -3.34. The van der Waals surface area contributed by atoms with Crippen molar-refractivity contribution < 1.29 is 32.1 Å². The van der Waals surface area contributed by atoms with Gasteiger partial charge in [-0.15, -0.1) is 0 Å². The lowest BCUT2D eigenvalue weighted by Crippen LogP contribution is -2.33. The molecule has 0 spiro atoms. The highest BCUT2D eigenvalue weighted by atomic mass is 19.2. The monoisotopic (exact) mass is 416 g/mol. The van der Waals surface area contributed by atoms with Gasteiger partial charge >= 0.3 is 0 Å². The summed E-state index contributed by atoms with van der Waals surface area (Å²) in [6.45, 7) is 4.51. The van der Waals surface area contributed by atoms with Crippen LogP contribution in [-0.4, -0.2) is 32.7 Å². The predicted molar refractivity (Wildman–Crippen MR) is 102 cm³/mol. The molecule has 2 fully saturated rings. The quantitative estimate of drug-likeness (QED) is 0.393. The molecule has 1 aromatic rings. The van der Waals surface area contributed by atoms with Crippen LogP contribution in [0.4, 0.5) is 13.2 Å². The third-order valence-electron chi connectivity index (χ3n) is 5.56.